The summed E-state index contributed by atoms with van der Waals surface area (Å²) in [5.41, 5.74) is 1.50. The maximum atomic E-state index is 11.0. The minimum Gasteiger partial charge on any atom is -0.453 e. The lowest BCUT2D eigenvalue weighted by molar-refractivity contribution is 0.187. The number of nitrogens with one attached hydrogen (secondary N) is 2. The molecule has 2 N–H and O–H groups in total. The first kappa shape index (κ1) is 12.0. The van der Waals surface area contributed by atoms with Gasteiger partial charge in [0.25, 0.3) is 0 Å². The highest BCUT2D eigenvalue weighted by atomic mass is 16.5. The van der Waals surface area contributed by atoms with Gasteiger partial charge < -0.3 is 14.6 Å². The van der Waals surface area contributed by atoms with E-state index in [1.807, 2.05) is 19.1 Å². The van der Waals surface area contributed by atoms with Crippen LogP contribution >= 0.6 is 0 Å². The van der Waals surface area contributed by atoms with Crippen LogP contribution in [-0.4, -0.2) is 18.4 Å². The Labute approximate surface area is 104 Å². The Bertz CT molecular complexity index is 534. The molecule has 0 saturated carbocycles. The molecular formula is C12H13N3O3. The molecule has 6 heteroatoms. The van der Waals surface area contributed by atoms with E-state index in [4.69, 9.17) is 4.52 Å². The summed E-state index contributed by atoms with van der Waals surface area (Å²) in [6, 6.07) is 8.93. The van der Waals surface area contributed by atoms with E-state index in [1.165, 1.54) is 7.11 Å². The predicted octanol–water partition coefficient (Wildman–Crippen LogP) is 2.90. The van der Waals surface area contributed by atoms with Crippen LogP contribution in [0.3, 0.4) is 0 Å². The first-order valence-corrected chi connectivity index (χ1v) is 5.33. The van der Waals surface area contributed by atoms with Crippen molar-refractivity contribution in [2.24, 2.45) is 0 Å². The summed E-state index contributed by atoms with van der Waals surface area (Å²) in [6.07, 6.45) is -0.497. The normalized spacial score (nSPS) is 9.89. The largest absolute Gasteiger partial charge is 0.453 e. The van der Waals surface area contributed by atoms with E-state index in [9.17, 15) is 4.79 Å². The van der Waals surface area contributed by atoms with Gasteiger partial charge in [-0.25, -0.2) is 4.79 Å². The summed E-state index contributed by atoms with van der Waals surface area (Å²) in [5, 5.41) is 9.45. The van der Waals surface area contributed by atoms with Gasteiger partial charge in [-0.3, -0.25) is 5.32 Å². The Morgan fingerprint density at radius 1 is 1.28 bits per heavy atom. The molecule has 0 fully saturated rings. The maximum absolute atomic E-state index is 11.0. The van der Waals surface area contributed by atoms with Crippen LogP contribution in [0.1, 0.15) is 5.76 Å². The third kappa shape index (κ3) is 3.00. The summed E-state index contributed by atoms with van der Waals surface area (Å²) in [4.78, 5) is 11.0. The summed E-state index contributed by atoms with van der Waals surface area (Å²) < 4.78 is 9.44. The van der Waals surface area contributed by atoms with Gasteiger partial charge in [0.05, 0.1) is 7.11 Å². The highest BCUT2D eigenvalue weighted by molar-refractivity contribution is 5.84. The molecule has 0 aliphatic rings. The first-order valence-electron chi connectivity index (χ1n) is 5.33. The number of nitrogens with zero attached hydrogens (tertiary/aromatic N) is 1. The molecular weight excluding hydrogens is 234 g/mol. The van der Waals surface area contributed by atoms with Gasteiger partial charge in [0, 0.05) is 17.4 Å². The van der Waals surface area contributed by atoms with Crippen molar-refractivity contribution in [3.05, 3.63) is 36.1 Å². The van der Waals surface area contributed by atoms with Gasteiger partial charge in [0.1, 0.15) is 5.76 Å². The summed E-state index contributed by atoms with van der Waals surface area (Å²) >= 11 is 0. The van der Waals surface area contributed by atoms with Gasteiger partial charge in [0.2, 0.25) is 0 Å². The van der Waals surface area contributed by atoms with Crippen LogP contribution in [0.15, 0.2) is 34.9 Å². The van der Waals surface area contributed by atoms with Gasteiger partial charge in [-0.2, -0.15) is 0 Å². The number of ether oxygens (including phenoxy) is 1. The Morgan fingerprint density at radius 3 is 2.50 bits per heavy atom. The highest BCUT2D eigenvalue weighted by Gasteiger charge is 2.02. The van der Waals surface area contributed by atoms with E-state index in [0.717, 1.165) is 11.4 Å². The zero-order valence-electron chi connectivity index (χ0n) is 10.1. The molecule has 1 aromatic carbocycles. The molecule has 0 aliphatic heterocycles. The number of aromatic nitrogens is 1. The zero-order valence-corrected chi connectivity index (χ0v) is 10.1. The molecule has 0 spiro atoms. The van der Waals surface area contributed by atoms with Crippen LogP contribution in [0, 0.1) is 6.92 Å². The lowest BCUT2D eigenvalue weighted by atomic mass is 10.3. The summed E-state index contributed by atoms with van der Waals surface area (Å²) in [6.45, 7) is 1.82. The van der Waals surface area contributed by atoms with Crippen LogP contribution in [0.25, 0.3) is 0 Å². The number of methoxy groups -OCH3 is 1. The SMILES string of the molecule is COC(=O)Nc1ccc(Nc2cc(C)on2)cc1. The molecule has 94 valence electrons. The number of amides is 1. The van der Waals surface area contributed by atoms with Crippen LogP contribution in [-0.2, 0) is 4.74 Å². The van der Waals surface area contributed by atoms with Crippen molar-refractivity contribution in [3.8, 4) is 0 Å². The van der Waals surface area contributed by atoms with Crippen LogP contribution in [0.5, 0.6) is 0 Å². The lowest BCUT2D eigenvalue weighted by Gasteiger charge is -2.05. The second-order valence-corrected chi connectivity index (χ2v) is 3.64. The van der Waals surface area contributed by atoms with Crippen LogP contribution < -0.4 is 10.6 Å². The zero-order chi connectivity index (χ0) is 13.0. The van der Waals surface area contributed by atoms with E-state index in [0.29, 0.717) is 11.5 Å². The van der Waals surface area contributed by atoms with Gasteiger partial charge in [0.15, 0.2) is 5.82 Å². The van der Waals surface area contributed by atoms with Gasteiger partial charge in [-0.1, -0.05) is 5.16 Å². The van der Waals surface area contributed by atoms with Gasteiger partial charge >= 0.3 is 6.09 Å². The molecule has 18 heavy (non-hydrogen) atoms. The van der Waals surface area contributed by atoms with E-state index >= 15 is 0 Å². The van der Waals surface area contributed by atoms with Crippen LogP contribution in [0.2, 0.25) is 0 Å². The highest BCUT2D eigenvalue weighted by Crippen LogP contribution is 2.18. The third-order valence-corrected chi connectivity index (χ3v) is 2.22. The lowest BCUT2D eigenvalue weighted by Crippen LogP contribution is -2.10. The molecule has 0 saturated heterocycles. The number of hydrogen-bond donors (Lipinski definition) is 2. The maximum Gasteiger partial charge on any atom is 0.411 e. The molecule has 0 atom stereocenters. The Balaban J connectivity index is 2.01. The molecule has 6 nitrogen and oxygen atoms in total. The fourth-order valence-electron chi connectivity index (χ4n) is 1.38. The summed E-state index contributed by atoms with van der Waals surface area (Å²) in [7, 11) is 1.32. The molecule has 1 aromatic heterocycles. The van der Waals surface area contributed by atoms with Crippen molar-refractivity contribution in [1.29, 1.82) is 0 Å². The number of anilines is 3. The van der Waals surface area contributed by atoms with Crippen molar-refractivity contribution < 1.29 is 14.1 Å². The summed E-state index contributed by atoms with van der Waals surface area (Å²) in [5.74, 6) is 1.38. The molecule has 0 bridgehead atoms. The minimum absolute atomic E-state index is 0.497. The fourth-order valence-corrected chi connectivity index (χ4v) is 1.38. The molecule has 1 heterocycles. The van der Waals surface area contributed by atoms with Crippen molar-refractivity contribution in [2.75, 3.05) is 17.7 Å². The van der Waals surface area contributed by atoms with Crippen molar-refractivity contribution in [2.45, 2.75) is 6.92 Å². The average molecular weight is 247 g/mol. The Hall–Kier alpha value is -2.50. The number of carbonyl (C=O) groups excluding carboxylic acids is 1. The molecule has 0 aliphatic carbocycles. The number of benzene rings is 1. The smallest absolute Gasteiger partial charge is 0.411 e. The third-order valence-electron chi connectivity index (χ3n) is 2.22. The standard InChI is InChI=1S/C12H13N3O3/c1-8-7-11(15-18-8)13-9-3-5-10(6-4-9)14-12(16)17-2/h3-7H,1-2H3,(H,13,15)(H,14,16). The quantitative estimate of drug-likeness (QED) is 0.872. The van der Waals surface area contributed by atoms with Gasteiger partial charge in [-0.05, 0) is 31.2 Å². The molecule has 2 rings (SSSR count). The second kappa shape index (κ2) is 5.22. The molecule has 0 radical (unpaired) electrons. The fraction of sp³-hybridized carbons (Fsp3) is 0.167. The van der Waals surface area contributed by atoms with Crippen molar-refractivity contribution in [1.82, 2.24) is 5.16 Å². The molecule has 0 unspecified atom stereocenters. The molecule has 2 aromatic rings. The van der Waals surface area contributed by atoms with Crippen molar-refractivity contribution >= 4 is 23.3 Å². The Morgan fingerprint density at radius 2 is 1.94 bits per heavy atom. The first-order chi connectivity index (χ1) is 8.67. The number of hydrogen-bond acceptors (Lipinski definition) is 5. The van der Waals surface area contributed by atoms with E-state index in [-0.39, 0.29) is 0 Å². The van der Waals surface area contributed by atoms with E-state index in [2.05, 4.69) is 20.5 Å². The van der Waals surface area contributed by atoms with Crippen LogP contribution in [0.4, 0.5) is 22.0 Å². The Kier molecular flexibility index (Phi) is 3.47. The minimum atomic E-state index is -0.497. The monoisotopic (exact) mass is 247 g/mol. The van der Waals surface area contributed by atoms with Crippen molar-refractivity contribution in [3.63, 3.8) is 0 Å². The van der Waals surface area contributed by atoms with E-state index in [1.54, 1.807) is 18.2 Å². The topological polar surface area (TPSA) is 76.4 Å². The number of rotatable bonds is 3. The molecule has 1 amide bonds. The average Bonchev–Trinajstić information content (AvgIpc) is 2.77. The second-order valence-electron chi connectivity index (χ2n) is 3.64. The number of aryl methyl sites for hydroxylation is 1. The number of carbonyl (C=O) groups is 1. The van der Waals surface area contributed by atoms with Gasteiger partial charge in [-0.15, -0.1) is 0 Å². The van der Waals surface area contributed by atoms with E-state index < -0.39 is 6.09 Å². The predicted molar refractivity (Wildman–Crippen MR) is 67.0 cm³/mol.